The van der Waals surface area contributed by atoms with Gasteiger partial charge >= 0.3 is 0 Å². The first-order valence-electron chi connectivity index (χ1n) is 7.11. The second kappa shape index (κ2) is 6.77. The Kier molecular flexibility index (Phi) is 5.24. The molecule has 0 amide bonds. The SMILES string of the molecule is Cn1ncc(NCCCC(C)(C)C2OCCO2)c(Cl)c1=O. The van der Waals surface area contributed by atoms with Crippen molar-refractivity contribution >= 4 is 17.3 Å². The molecule has 0 saturated carbocycles. The second-order valence-corrected chi connectivity index (χ2v) is 6.27. The van der Waals surface area contributed by atoms with Crippen molar-refractivity contribution in [3.8, 4) is 0 Å². The Morgan fingerprint density at radius 2 is 2.14 bits per heavy atom. The minimum Gasteiger partial charge on any atom is -0.382 e. The van der Waals surface area contributed by atoms with Crippen molar-refractivity contribution in [2.75, 3.05) is 25.1 Å². The molecule has 0 unspecified atom stereocenters. The first-order chi connectivity index (χ1) is 9.92. The highest BCUT2D eigenvalue weighted by Gasteiger charge is 2.33. The van der Waals surface area contributed by atoms with Crippen LogP contribution in [0.15, 0.2) is 11.0 Å². The molecule has 6 nitrogen and oxygen atoms in total. The number of anilines is 1. The Balaban J connectivity index is 1.82. The molecule has 7 heteroatoms. The molecule has 0 aromatic carbocycles. The van der Waals surface area contributed by atoms with Crippen LogP contribution in [0.4, 0.5) is 5.69 Å². The van der Waals surface area contributed by atoms with E-state index in [0.29, 0.717) is 25.4 Å². The van der Waals surface area contributed by atoms with E-state index in [0.717, 1.165) is 12.8 Å². The smallest absolute Gasteiger partial charge is 0.287 e. The van der Waals surface area contributed by atoms with Crippen LogP contribution in [0.1, 0.15) is 26.7 Å². The number of aryl methyl sites for hydroxylation is 1. The molecule has 0 atom stereocenters. The molecule has 0 spiro atoms. The third-order valence-corrected chi connectivity index (χ3v) is 4.02. The second-order valence-electron chi connectivity index (χ2n) is 5.89. The predicted molar refractivity (Wildman–Crippen MR) is 81.7 cm³/mol. The lowest BCUT2D eigenvalue weighted by Crippen LogP contribution is -2.30. The van der Waals surface area contributed by atoms with Gasteiger partial charge in [-0.25, -0.2) is 4.68 Å². The molecule has 1 aromatic rings. The Morgan fingerprint density at radius 1 is 1.48 bits per heavy atom. The van der Waals surface area contributed by atoms with Crippen LogP contribution < -0.4 is 10.9 Å². The number of nitrogens with one attached hydrogen (secondary N) is 1. The van der Waals surface area contributed by atoms with Crippen molar-refractivity contribution in [1.82, 2.24) is 9.78 Å². The third-order valence-electron chi connectivity index (χ3n) is 3.65. The normalized spacial score (nSPS) is 16.4. The summed E-state index contributed by atoms with van der Waals surface area (Å²) < 4.78 is 12.3. The molecule has 1 aliphatic rings. The van der Waals surface area contributed by atoms with E-state index < -0.39 is 0 Å². The molecule has 0 aliphatic carbocycles. The number of halogens is 1. The molecule has 1 aliphatic heterocycles. The number of nitrogens with zero attached hydrogens (tertiary/aromatic N) is 2. The maximum absolute atomic E-state index is 11.7. The van der Waals surface area contributed by atoms with Crippen molar-refractivity contribution in [2.24, 2.45) is 12.5 Å². The summed E-state index contributed by atoms with van der Waals surface area (Å²) in [5.41, 5.74) is 0.244. The summed E-state index contributed by atoms with van der Waals surface area (Å²) in [6.07, 6.45) is 3.30. The van der Waals surface area contributed by atoms with Crippen molar-refractivity contribution in [2.45, 2.75) is 33.0 Å². The van der Waals surface area contributed by atoms with Gasteiger partial charge in [-0.2, -0.15) is 5.10 Å². The zero-order chi connectivity index (χ0) is 15.5. The number of hydrogen-bond donors (Lipinski definition) is 1. The van der Waals surface area contributed by atoms with Gasteiger partial charge in [-0.05, 0) is 12.8 Å². The van der Waals surface area contributed by atoms with Gasteiger partial charge in [-0.1, -0.05) is 25.4 Å². The molecule has 2 rings (SSSR count). The largest absolute Gasteiger partial charge is 0.382 e. The van der Waals surface area contributed by atoms with E-state index in [1.54, 1.807) is 13.2 Å². The Bertz CT molecular complexity index is 539. The van der Waals surface area contributed by atoms with Crippen LogP contribution in [0.3, 0.4) is 0 Å². The van der Waals surface area contributed by atoms with Gasteiger partial charge in [0.05, 0.1) is 25.1 Å². The fourth-order valence-electron chi connectivity index (χ4n) is 2.33. The first kappa shape index (κ1) is 16.3. The molecule has 2 heterocycles. The molecule has 1 N–H and O–H groups in total. The molecule has 1 aromatic heterocycles. The van der Waals surface area contributed by atoms with Gasteiger partial charge in [-0.3, -0.25) is 4.79 Å². The van der Waals surface area contributed by atoms with Crippen molar-refractivity contribution < 1.29 is 9.47 Å². The fourth-order valence-corrected chi connectivity index (χ4v) is 2.57. The average Bonchev–Trinajstić information content (AvgIpc) is 2.98. The zero-order valence-electron chi connectivity index (χ0n) is 12.7. The summed E-state index contributed by atoms with van der Waals surface area (Å²) in [6, 6.07) is 0. The topological polar surface area (TPSA) is 65.4 Å². The first-order valence-corrected chi connectivity index (χ1v) is 7.48. The van der Waals surface area contributed by atoms with E-state index in [-0.39, 0.29) is 22.3 Å². The summed E-state index contributed by atoms with van der Waals surface area (Å²) in [5, 5.41) is 7.28. The van der Waals surface area contributed by atoms with Crippen molar-refractivity contribution in [3.05, 3.63) is 21.6 Å². The maximum atomic E-state index is 11.7. The van der Waals surface area contributed by atoms with Crippen molar-refractivity contribution in [3.63, 3.8) is 0 Å². The Labute approximate surface area is 129 Å². The van der Waals surface area contributed by atoms with E-state index in [1.807, 2.05) is 0 Å². The van der Waals surface area contributed by atoms with Gasteiger partial charge in [0.15, 0.2) is 6.29 Å². The predicted octanol–water partition coefficient (Wildman–Crippen LogP) is 2.02. The van der Waals surface area contributed by atoms with E-state index in [2.05, 4.69) is 24.3 Å². The standard InChI is InChI=1S/C14H22ClN3O3/c1-14(2,13-20-7-8-21-13)5-4-6-16-10-9-17-18(3)12(19)11(10)15/h9,13,16H,4-8H2,1-3H3. The molecule has 21 heavy (non-hydrogen) atoms. The van der Waals surface area contributed by atoms with E-state index in [1.165, 1.54) is 4.68 Å². The molecular formula is C14H22ClN3O3. The summed E-state index contributed by atoms with van der Waals surface area (Å²) in [5.74, 6) is 0. The number of ether oxygens (including phenoxy) is 2. The number of aromatic nitrogens is 2. The molecule has 1 fully saturated rings. The Morgan fingerprint density at radius 3 is 2.81 bits per heavy atom. The van der Waals surface area contributed by atoms with Gasteiger partial charge < -0.3 is 14.8 Å². The van der Waals surface area contributed by atoms with Crippen LogP contribution in [-0.4, -0.2) is 35.8 Å². The maximum Gasteiger partial charge on any atom is 0.287 e. The van der Waals surface area contributed by atoms with E-state index in [9.17, 15) is 4.79 Å². The summed E-state index contributed by atoms with van der Waals surface area (Å²) >= 11 is 6.00. The van der Waals surface area contributed by atoms with Crippen LogP contribution in [-0.2, 0) is 16.5 Å². The minimum atomic E-state index is -0.297. The zero-order valence-corrected chi connectivity index (χ0v) is 13.4. The quantitative estimate of drug-likeness (QED) is 0.814. The summed E-state index contributed by atoms with van der Waals surface area (Å²) in [4.78, 5) is 11.7. The summed E-state index contributed by atoms with van der Waals surface area (Å²) in [7, 11) is 1.57. The van der Waals surface area contributed by atoms with E-state index in [4.69, 9.17) is 21.1 Å². The highest BCUT2D eigenvalue weighted by atomic mass is 35.5. The lowest BCUT2D eigenvalue weighted by atomic mass is 9.87. The lowest BCUT2D eigenvalue weighted by molar-refractivity contribution is -0.122. The molecule has 1 saturated heterocycles. The number of hydrogen-bond acceptors (Lipinski definition) is 5. The van der Waals surface area contributed by atoms with Crippen LogP contribution in [0.25, 0.3) is 0 Å². The average molecular weight is 316 g/mol. The number of rotatable bonds is 6. The van der Waals surface area contributed by atoms with Crippen LogP contribution in [0, 0.1) is 5.41 Å². The third kappa shape index (κ3) is 3.96. The van der Waals surface area contributed by atoms with Gasteiger partial charge in [-0.15, -0.1) is 0 Å². The van der Waals surface area contributed by atoms with Crippen LogP contribution in [0.5, 0.6) is 0 Å². The molecule has 0 radical (unpaired) electrons. The van der Waals surface area contributed by atoms with Gasteiger partial charge in [0.25, 0.3) is 5.56 Å². The molecule has 0 bridgehead atoms. The molecule has 118 valence electrons. The van der Waals surface area contributed by atoms with E-state index >= 15 is 0 Å². The van der Waals surface area contributed by atoms with Gasteiger partial charge in [0, 0.05) is 19.0 Å². The van der Waals surface area contributed by atoms with Crippen LogP contribution in [0.2, 0.25) is 5.02 Å². The monoisotopic (exact) mass is 315 g/mol. The van der Waals surface area contributed by atoms with Gasteiger partial charge in [0.2, 0.25) is 0 Å². The fraction of sp³-hybridized carbons (Fsp3) is 0.714. The van der Waals surface area contributed by atoms with Crippen molar-refractivity contribution in [1.29, 1.82) is 0 Å². The highest BCUT2D eigenvalue weighted by Crippen LogP contribution is 2.32. The molecular weight excluding hydrogens is 294 g/mol. The van der Waals surface area contributed by atoms with Gasteiger partial charge in [0.1, 0.15) is 5.02 Å². The lowest BCUT2D eigenvalue weighted by Gasteiger charge is -2.29. The minimum absolute atomic E-state index is 0.0347. The Hall–Kier alpha value is -1.11. The van der Waals surface area contributed by atoms with Crippen LogP contribution >= 0.6 is 11.6 Å². The summed E-state index contributed by atoms with van der Waals surface area (Å²) in [6.45, 7) is 6.32. The highest BCUT2D eigenvalue weighted by molar-refractivity contribution is 6.32.